The standard InChI is InChI=1S/C19H17N5OS/c1-2-13-5-3-6-14(9-13)10-15-11-21-19(26-15)23-18(25)16-12-22-24-8-4-7-20-17(16)24/h3-9,11-12H,2,10H2,1H3,(H,21,23,25). The average molecular weight is 363 g/mol. The molecule has 0 saturated carbocycles. The van der Waals surface area contributed by atoms with Crippen LogP contribution in [0.15, 0.2) is 55.1 Å². The highest BCUT2D eigenvalue weighted by molar-refractivity contribution is 7.15. The molecule has 0 fully saturated rings. The van der Waals surface area contributed by atoms with Crippen molar-refractivity contribution in [2.45, 2.75) is 19.8 Å². The molecule has 0 radical (unpaired) electrons. The Bertz CT molecular complexity index is 1070. The molecule has 0 aliphatic carbocycles. The fraction of sp³-hybridized carbons (Fsp3) is 0.158. The van der Waals surface area contributed by atoms with Gasteiger partial charge in [-0.05, 0) is 23.6 Å². The lowest BCUT2D eigenvalue weighted by molar-refractivity contribution is 0.102. The van der Waals surface area contributed by atoms with E-state index in [4.69, 9.17) is 0 Å². The summed E-state index contributed by atoms with van der Waals surface area (Å²) in [6, 6.07) is 10.3. The molecule has 1 aromatic carbocycles. The number of amides is 1. The van der Waals surface area contributed by atoms with Crippen molar-refractivity contribution >= 4 is 28.0 Å². The zero-order valence-electron chi connectivity index (χ0n) is 14.2. The van der Waals surface area contributed by atoms with E-state index in [1.54, 1.807) is 23.0 Å². The number of nitrogens with one attached hydrogen (secondary N) is 1. The number of hydrogen-bond donors (Lipinski definition) is 1. The summed E-state index contributed by atoms with van der Waals surface area (Å²) in [6.07, 6.45) is 8.55. The van der Waals surface area contributed by atoms with E-state index in [-0.39, 0.29) is 5.91 Å². The van der Waals surface area contributed by atoms with Crippen molar-refractivity contribution in [3.63, 3.8) is 0 Å². The summed E-state index contributed by atoms with van der Waals surface area (Å²) in [5.41, 5.74) is 3.52. The van der Waals surface area contributed by atoms with Crippen LogP contribution < -0.4 is 5.32 Å². The van der Waals surface area contributed by atoms with Gasteiger partial charge in [-0.15, -0.1) is 11.3 Å². The highest BCUT2D eigenvalue weighted by atomic mass is 32.1. The quantitative estimate of drug-likeness (QED) is 0.588. The molecule has 0 bridgehead atoms. The van der Waals surface area contributed by atoms with E-state index in [1.807, 2.05) is 6.20 Å². The minimum Gasteiger partial charge on any atom is -0.298 e. The molecule has 0 spiro atoms. The van der Waals surface area contributed by atoms with Gasteiger partial charge >= 0.3 is 0 Å². The molecule has 0 saturated heterocycles. The summed E-state index contributed by atoms with van der Waals surface area (Å²) in [5, 5.41) is 7.55. The fourth-order valence-corrected chi connectivity index (χ4v) is 3.60. The zero-order chi connectivity index (χ0) is 17.9. The number of aryl methyl sites for hydroxylation is 1. The summed E-state index contributed by atoms with van der Waals surface area (Å²) in [5.74, 6) is -0.257. The number of fused-ring (bicyclic) bond motifs is 1. The first-order valence-corrected chi connectivity index (χ1v) is 9.17. The number of anilines is 1. The van der Waals surface area contributed by atoms with Crippen LogP contribution in [0.1, 0.15) is 33.3 Å². The van der Waals surface area contributed by atoms with Gasteiger partial charge in [0.1, 0.15) is 5.56 Å². The van der Waals surface area contributed by atoms with Crippen molar-refractivity contribution in [2.24, 2.45) is 0 Å². The van der Waals surface area contributed by atoms with E-state index in [0.29, 0.717) is 16.3 Å². The van der Waals surface area contributed by atoms with Crippen LogP contribution >= 0.6 is 11.3 Å². The average Bonchev–Trinajstić information content (AvgIpc) is 3.28. The van der Waals surface area contributed by atoms with Crippen LogP contribution in [-0.2, 0) is 12.8 Å². The number of hydrogen-bond acceptors (Lipinski definition) is 5. The van der Waals surface area contributed by atoms with Crippen molar-refractivity contribution in [1.29, 1.82) is 0 Å². The molecule has 7 heteroatoms. The first kappa shape index (κ1) is 16.4. The highest BCUT2D eigenvalue weighted by Gasteiger charge is 2.15. The smallest absolute Gasteiger partial charge is 0.262 e. The second-order valence-corrected chi connectivity index (χ2v) is 7.00. The van der Waals surface area contributed by atoms with Crippen LogP contribution in [0.2, 0.25) is 0 Å². The third-order valence-corrected chi connectivity index (χ3v) is 4.99. The van der Waals surface area contributed by atoms with Crippen LogP contribution in [0, 0.1) is 0 Å². The molecular weight excluding hydrogens is 346 g/mol. The van der Waals surface area contributed by atoms with Gasteiger partial charge in [0.25, 0.3) is 5.91 Å². The molecule has 26 heavy (non-hydrogen) atoms. The maximum absolute atomic E-state index is 12.5. The predicted molar refractivity (Wildman–Crippen MR) is 102 cm³/mol. The lowest BCUT2D eigenvalue weighted by Gasteiger charge is -2.01. The number of carbonyl (C=O) groups excluding carboxylic acids is 1. The van der Waals surface area contributed by atoms with Gasteiger partial charge in [-0.25, -0.2) is 14.5 Å². The Morgan fingerprint density at radius 2 is 2.08 bits per heavy atom. The summed E-state index contributed by atoms with van der Waals surface area (Å²) >= 11 is 1.48. The predicted octanol–water partition coefficient (Wildman–Crippen LogP) is 3.59. The molecule has 130 valence electrons. The Hall–Kier alpha value is -3.06. The van der Waals surface area contributed by atoms with Crippen molar-refractivity contribution in [1.82, 2.24) is 19.6 Å². The van der Waals surface area contributed by atoms with Gasteiger partial charge in [0.15, 0.2) is 10.8 Å². The van der Waals surface area contributed by atoms with Crippen LogP contribution in [0.25, 0.3) is 5.65 Å². The minimum absolute atomic E-state index is 0.257. The molecule has 4 aromatic rings. The maximum Gasteiger partial charge on any atom is 0.262 e. The number of rotatable bonds is 5. The Morgan fingerprint density at radius 1 is 1.19 bits per heavy atom. The fourth-order valence-electron chi connectivity index (χ4n) is 2.76. The third kappa shape index (κ3) is 3.34. The van der Waals surface area contributed by atoms with E-state index in [0.717, 1.165) is 17.7 Å². The summed E-state index contributed by atoms with van der Waals surface area (Å²) < 4.78 is 1.57. The van der Waals surface area contributed by atoms with E-state index in [9.17, 15) is 4.79 Å². The highest BCUT2D eigenvalue weighted by Crippen LogP contribution is 2.22. The van der Waals surface area contributed by atoms with Gasteiger partial charge < -0.3 is 0 Å². The van der Waals surface area contributed by atoms with Crippen LogP contribution in [0.5, 0.6) is 0 Å². The normalized spacial score (nSPS) is 11.0. The van der Waals surface area contributed by atoms with E-state index in [2.05, 4.69) is 51.6 Å². The van der Waals surface area contributed by atoms with E-state index < -0.39 is 0 Å². The van der Waals surface area contributed by atoms with Crippen molar-refractivity contribution in [3.8, 4) is 0 Å². The molecule has 0 aliphatic heterocycles. The van der Waals surface area contributed by atoms with Crippen molar-refractivity contribution in [2.75, 3.05) is 5.32 Å². The van der Waals surface area contributed by atoms with Gasteiger partial charge in [-0.2, -0.15) is 5.10 Å². The molecule has 4 rings (SSSR count). The zero-order valence-corrected chi connectivity index (χ0v) is 15.0. The number of benzene rings is 1. The van der Waals surface area contributed by atoms with Crippen LogP contribution in [0.3, 0.4) is 0 Å². The van der Waals surface area contributed by atoms with Crippen molar-refractivity contribution < 1.29 is 4.79 Å². The Morgan fingerprint density at radius 3 is 2.96 bits per heavy atom. The Balaban J connectivity index is 1.48. The monoisotopic (exact) mass is 363 g/mol. The molecule has 6 nitrogen and oxygen atoms in total. The van der Waals surface area contributed by atoms with Gasteiger partial charge in [0.2, 0.25) is 0 Å². The minimum atomic E-state index is -0.257. The SMILES string of the molecule is CCc1cccc(Cc2cnc(NC(=O)c3cnn4cccnc34)s2)c1. The van der Waals surface area contributed by atoms with Crippen LogP contribution in [-0.4, -0.2) is 25.5 Å². The topological polar surface area (TPSA) is 72.2 Å². The largest absolute Gasteiger partial charge is 0.298 e. The maximum atomic E-state index is 12.5. The molecule has 0 unspecified atom stereocenters. The second-order valence-electron chi connectivity index (χ2n) is 5.88. The number of thiazole rings is 1. The van der Waals surface area contributed by atoms with E-state index in [1.165, 1.54) is 28.7 Å². The van der Waals surface area contributed by atoms with Gasteiger partial charge in [-0.1, -0.05) is 31.2 Å². The Labute approximate surface area is 154 Å². The summed E-state index contributed by atoms with van der Waals surface area (Å²) in [7, 11) is 0. The van der Waals surface area contributed by atoms with Gasteiger partial charge in [0.05, 0.1) is 6.20 Å². The molecule has 0 atom stereocenters. The number of nitrogens with zero attached hydrogens (tertiary/aromatic N) is 4. The summed E-state index contributed by atoms with van der Waals surface area (Å²) in [6.45, 7) is 2.15. The first-order valence-electron chi connectivity index (χ1n) is 8.35. The summed E-state index contributed by atoms with van der Waals surface area (Å²) in [4.78, 5) is 22.1. The first-order chi connectivity index (χ1) is 12.7. The number of aromatic nitrogens is 4. The number of carbonyl (C=O) groups is 1. The van der Waals surface area contributed by atoms with E-state index >= 15 is 0 Å². The third-order valence-electron chi connectivity index (χ3n) is 4.08. The molecule has 3 aromatic heterocycles. The second kappa shape index (κ2) is 7.05. The van der Waals surface area contributed by atoms with Crippen molar-refractivity contribution in [3.05, 3.63) is 76.7 Å². The van der Waals surface area contributed by atoms with Crippen LogP contribution in [0.4, 0.5) is 5.13 Å². The lowest BCUT2D eigenvalue weighted by atomic mass is 10.1. The van der Waals surface area contributed by atoms with Gasteiger partial charge in [-0.3, -0.25) is 10.1 Å². The molecule has 1 amide bonds. The lowest BCUT2D eigenvalue weighted by Crippen LogP contribution is -2.11. The molecule has 3 heterocycles. The van der Waals surface area contributed by atoms with Gasteiger partial charge in [0, 0.05) is 29.9 Å². The molecule has 0 aliphatic rings. The Kier molecular flexibility index (Phi) is 4.45. The molecule has 1 N–H and O–H groups in total. The molecular formula is C19H17N5OS.